The first-order chi connectivity index (χ1) is 11.2. The van der Waals surface area contributed by atoms with Crippen molar-refractivity contribution in [2.24, 2.45) is 0 Å². The van der Waals surface area contributed by atoms with Gasteiger partial charge in [-0.05, 0) is 36.1 Å². The molecule has 4 heteroatoms. The van der Waals surface area contributed by atoms with Gasteiger partial charge in [0.05, 0.1) is 6.54 Å². The predicted molar refractivity (Wildman–Crippen MR) is 93.3 cm³/mol. The molecule has 2 aromatic rings. The number of hydrogen-bond acceptors (Lipinski definition) is 3. The van der Waals surface area contributed by atoms with Gasteiger partial charge < -0.3 is 15.7 Å². The minimum atomic E-state index is -0.0860. The maximum absolute atomic E-state index is 12.1. The van der Waals surface area contributed by atoms with E-state index in [9.17, 15) is 9.90 Å². The molecule has 0 heterocycles. The van der Waals surface area contributed by atoms with E-state index in [1.54, 1.807) is 0 Å². The Kier molecular flexibility index (Phi) is 6.78. The number of aliphatic hydroxyl groups excluding tert-OH is 1. The van der Waals surface area contributed by atoms with Crippen molar-refractivity contribution in [1.82, 2.24) is 5.32 Å². The number of carbonyl (C=O) groups excluding carboxylic acids is 1. The van der Waals surface area contributed by atoms with Crippen molar-refractivity contribution in [1.29, 1.82) is 0 Å². The smallest absolute Gasteiger partial charge is 0.238 e. The molecule has 0 spiro atoms. The highest BCUT2D eigenvalue weighted by Gasteiger charge is 2.12. The van der Waals surface area contributed by atoms with Gasteiger partial charge in [-0.25, -0.2) is 0 Å². The van der Waals surface area contributed by atoms with Crippen LogP contribution in [-0.2, 0) is 11.2 Å². The molecule has 23 heavy (non-hydrogen) atoms. The van der Waals surface area contributed by atoms with Crippen LogP contribution in [0.2, 0.25) is 0 Å². The summed E-state index contributed by atoms with van der Waals surface area (Å²) in [5.41, 5.74) is 3.08. The standard InChI is InChI=1S/C19H24N2O2/c1-2-15-7-6-10-17(13-15)21-19(23)14-20-18(11-12-22)16-8-4-3-5-9-16/h3-10,13,18,20,22H,2,11-12,14H2,1H3,(H,21,23). The molecule has 2 aromatic carbocycles. The SMILES string of the molecule is CCc1cccc(NC(=O)CNC(CCO)c2ccccc2)c1. The fourth-order valence-electron chi connectivity index (χ4n) is 2.49. The summed E-state index contributed by atoms with van der Waals surface area (Å²) in [7, 11) is 0. The first kappa shape index (κ1) is 17.2. The quantitative estimate of drug-likeness (QED) is 0.702. The van der Waals surface area contributed by atoms with Crippen molar-refractivity contribution in [3.8, 4) is 0 Å². The van der Waals surface area contributed by atoms with Crippen molar-refractivity contribution in [2.75, 3.05) is 18.5 Å². The zero-order valence-electron chi connectivity index (χ0n) is 13.5. The van der Waals surface area contributed by atoms with Gasteiger partial charge in [-0.1, -0.05) is 49.4 Å². The lowest BCUT2D eigenvalue weighted by atomic mass is 10.0. The summed E-state index contributed by atoms with van der Waals surface area (Å²) in [5.74, 6) is -0.0860. The molecule has 3 N–H and O–H groups in total. The van der Waals surface area contributed by atoms with E-state index >= 15 is 0 Å². The average Bonchev–Trinajstić information content (AvgIpc) is 2.59. The van der Waals surface area contributed by atoms with Crippen molar-refractivity contribution < 1.29 is 9.90 Å². The van der Waals surface area contributed by atoms with Crippen molar-refractivity contribution >= 4 is 11.6 Å². The van der Waals surface area contributed by atoms with Crippen LogP contribution in [0.1, 0.15) is 30.5 Å². The Morgan fingerprint density at radius 2 is 1.91 bits per heavy atom. The highest BCUT2D eigenvalue weighted by atomic mass is 16.3. The van der Waals surface area contributed by atoms with Gasteiger partial charge >= 0.3 is 0 Å². The Balaban J connectivity index is 1.91. The van der Waals surface area contributed by atoms with Gasteiger partial charge in [-0.3, -0.25) is 4.79 Å². The number of carbonyl (C=O) groups is 1. The second-order valence-electron chi connectivity index (χ2n) is 5.46. The number of nitrogens with one attached hydrogen (secondary N) is 2. The maximum Gasteiger partial charge on any atom is 0.238 e. The largest absolute Gasteiger partial charge is 0.396 e. The fourth-order valence-corrected chi connectivity index (χ4v) is 2.49. The van der Waals surface area contributed by atoms with Crippen LogP contribution in [0.4, 0.5) is 5.69 Å². The van der Waals surface area contributed by atoms with Gasteiger partial charge in [0.15, 0.2) is 0 Å². The molecule has 1 amide bonds. The number of anilines is 1. The van der Waals surface area contributed by atoms with E-state index < -0.39 is 0 Å². The molecule has 1 unspecified atom stereocenters. The zero-order valence-corrected chi connectivity index (χ0v) is 13.5. The molecule has 0 aliphatic carbocycles. The Hall–Kier alpha value is -2.17. The lowest BCUT2D eigenvalue weighted by Gasteiger charge is -2.18. The molecule has 4 nitrogen and oxygen atoms in total. The van der Waals surface area contributed by atoms with Crippen LogP contribution in [0.15, 0.2) is 54.6 Å². The van der Waals surface area contributed by atoms with Crippen LogP contribution in [0.3, 0.4) is 0 Å². The van der Waals surface area contributed by atoms with Gasteiger partial charge in [0.1, 0.15) is 0 Å². The van der Waals surface area contributed by atoms with Gasteiger partial charge in [0, 0.05) is 18.3 Å². The third kappa shape index (κ3) is 5.51. The Bertz CT molecular complexity index is 614. The van der Waals surface area contributed by atoms with E-state index in [1.807, 2.05) is 54.6 Å². The number of amides is 1. The zero-order chi connectivity index (χ0) is 16.5. The lowest BCUT2D eigenvalue weighted by molar-refractivity contribution is -0.115. The van der Waals surface area contributed by atoms with Crippen LogP contribution >= 0.6 is 0 Å². The summed E-state index contributed by atoms with van der Waals surface area (Å²) in [5, 5.41) is 15.3. The van der Waals surface area contributed by atoms with Gasteiger partial charge in [-0.2, -0.15) is 0 Å². The molecule has 0 aromatic heterocycles. The number of rotatable bonds is 8. The van der Waals surface area contributed by atoms with Crippen LogP contribution in [0, 0.1) is 0 Å². The third-order valence-corrected chi connectivity index (χ3v) is 3.75. The Morgan fingerprint density at radius 1 is 1.13 bits per heavy atom. The van der Waals surface area contributed by atoms with Crippen LogP contribution in [0.5, 0.6) is 0 Å². The average molecular weight is 312 g/mol. The van der Waals surface area contributed by atoms with Gasteiger partial charge in [0.2, 0.25) is 5.91 Å². The highest BCUT2D eigenvalue weighted by molar-refractivity contribution is 5.92. The second-order valence-corrected chi connectivity index (χ2v) is 5.46. The van der Waals surface area contributed by atoms with Gasteiger partial charge in [0.25, 0.3) is 0 Å². The molecule has 2 rings (SSSR count). The Morgan fingerprint density at radius 3 is 2.61 bits per heavy atom. The van der Waals surface area contributed by atoms with E-state index in [-0.39, 0.29) is 25.1 Å². The van der Waals surface area contributed by atoms with Crippen LogP contribution in [-0.4, -0.2) is 24.2 Å². The van der Waals surface area contributed by atoms with E-state index in [0.717, 1.165) is 17.7 Å². The Labute approximate surface area is 137 Å². The molecule has 1 atom stereocenters. The molecule has 0 radical (unpaired) electrons. The first-order valence-electron chi connectivity index (χ1n) is 8.01. The minimum absolute atomic E-state index is 0.0334. The van der Waals surface area contributed by atoms with E-state index in [4.69, 9.17) is 0 Å². The van der Waals surface area contributed by atoms with Crippen molar-refractivity contribution in [3.05, 3.63) is 65.7 Å². The highest BCUT2D eigenvalue weighted by Crippen LogP contribution is 2.16. The normalized spacial score (nSPS) is 11.9. The molecule has 0 saturated carbocycles. The summed E-state index contributed by atoms with van der Waals surface area (Å²) < 4.78 is 0. The summed E-state index contributed by atoms with van der Waals surface area (Å²) in [6.45, 7) is 2.37. The van der Waals surface area contributed by atoms with Crippen molar-refractivity contribution in [2.45, 2.75) is 25.8 Å². The molecule has 0 aliphatic heterocycles. The topological polar surface area (TPSA) is 61.4 Å². The number of hydrogen-bond donors (Lipinski definition) is 3. The molecular weight excluding hydrogens is 288 g/mol. The van der Waals surface area contributed by atoms with Gasteiger partial charge in [-0.15, -0.1) is 0 Å². The number of aliphatic hydroxyl groups is 1. The predicted octanol–water partition coefficient (Wildman–Crippen LogP) is 2.90. The van der Waals surface area contributed by atoms with E-state index in [1.165, 1.54) is 5.56 Å². The second kappa shape index (κ2) is 9.08. The lowest BCUT2D eigenvalue weighted by Crippen LogP contribution is -2.31. The first-order valence-corrected chi connectivity index (χ1v) is 8.01. The molecule has 0 aliphatic rings. The van der Waals surface area contributed by atoms with E-state index in [0.29, 0.717) is 6.42 Å². The number of aryl methyl sites for hydroxylation is 1. The van der Waals surface area contributed by atoms with Crippen LogP contribution in [0.25, 0.3) is 0 Å². The molecule has 0 bridgehead atoms. The summed E-state index contributed by atoms with van der Waals surface area (Å²) in [6, 6.07) is 17.7. The molecular formula is C19H24N2O2. The van der Waals surface area contributed by atoms with Crippen molar-refractivity contribution in [3.63, 3.8) is 0 Å². The van der Waals surface area contributed by atoms with E-state index in [2.05, 4.69) is 17.6 Å². The summed E-state index contributed by atoms with van der Waals surface area (Å²) in [6.07, 6.45) is 1.51. The maximum atomic E-state index is 12.1. The molecule has 0 saturated heterocycles. The third-order valence-electron chi connectivity index (χ3n) is 3.75. The fraction of sp³-hybridized carbons (Fsp3) is 0.316. The summed E-state index contributed by atoms with van der Waals surface area (Å²) >= 11 is 0. The summed E-state index contributed by atoms with van der Waals surface area (Å²) in [4.78, 5) is 12.1. The van der Waals surface area contributed by atoms with Crippen LogP contribution < -0.4 is 10.6 Å². The molecule has 0 fully saturated rings. The monoisotopic (exact) mass is 312 g/mol. The number of benzene rings is 2. The molecule has 122 valence electrons. The minimum Gasteiger partial charge on any atom is -0.396 e.